The van der Waals surface area contributed by atoms with Crippen molar-refractivity contribution < 1.29 is 19.0 Å². The number of methoxy groups -OCH3 is 2. The van der Waals surface area contributed by atoms with Gasteiger partial charge in [0.15, 0.2) is 6.61 Å². The average molecular weight is 332 g/mol. The number of carbonyl (C=O) groups excluding carboxylic acids is 1. The zero-order valence-electron chi connectivity index (χ0n) is 11.1. The molecule has 0 aliphatic carbocycles. The average Bonchev–Trinajstić information content (AvgIpc) is 2.43. The van der Waals surface area contributed by atoms with Crippen molar-refractivity contribution in [3.63, 3.8) is 0 Å². The van der Waals surface area contributed by atoms with E-state index in [1.807, 2.05) is 12.1 Å². The molecule has 1 aromatic rings. The van der Waals surface area contributed by atoms with Crippen LogP contribution in [0.5, 0.6) is 5.75 Å². The number of benzene rings is 1. The van der Waals surface area contributed by atoms with E-state index < -0.39 is 5.97 Å². The third-order valence-electron chi connectivity index (χ3n) is 2.40. The maximum absolute atomic E-state index is 11.0. The standard InChI is InChI=1S/C13H18BrNO4/c1-17-6-5-15-8-10-7-11(3-4-12(10)14)19-9-13(16)18-2/h3-4,7,15H,5-6,8-9H2,1-2H3. The van der Waals surface area contributed by atoms with Crippen LogP contribution in [-0.4, -0.2) is 39.9 Å². The Balaban J connectivity index is 2.53. The van der Waals surface area contributed by atoms with Crippen molar-refractivity contribution in [1.29, 1.82) is 0 Å². The van der Waals surface area contributed by atoms with Gasteiger partial charge in [0.25, 0.3) is 0 Å². The first-order chi connectivity index (χ1) is 9.17. The molecule has 0 fully saturated rings. The van der Waals surface area contributed by atoms with Crippen molar-refractivity contribution in [2.24, 2.45) is 0 Å². The molecule has 19 heavy (non-hydrogen) atoms. The summed E-state index contributed by atoms with van der Waals surface area (Å²) in [6, 6.07) is 5.57. The quantitative estimate of drug-likeness (QED) is 0.580. The van der Waals surface area contributed by atoms with Gasteiger partial charge in [-0.2, -0.15) is 0 Å². The van der Waals surface area contributed by atoms with E-state index >= 15 is 0 Å². The van der Waals surface area contributed by atoms with Gasteiger partial charge in [-0.25, -0.2) is 4.79 Å². The lowest BCUT2D eigenvalue weighted by atomic mass is 10.2. The molecule has 0 aliphatic heterocycles. The van der Waals surface area contributed by atoms with Gasteiger partial charge in [0.1, 0.15) is 5.75 Å². The Hall–Kier alpha value is -1.11. The predicted molar refractivity (Wildman–Crippen MR) is 75.2 cm³/mol. The lowest BCUT2D eigenvalue weighted by Crippen LogP contribution is -2.19. The summed E-state index contributed by atoms with van der Waals surface area (Å²) >= 11 is 3.47. The van der Waals surface area contributed by atoms with Gasteiger partial charge in [-0.15, -0.1) is 0 Å². The first-order valence-corrected chi connectivity index (χ1v) is 6.64. The van der Waals surface area contributed by atoms with Crippen molar-refractivity contribution in [3.05, 3.63) is 28.2 Å². The highest BCUT2D eigenvalue weighted by atomic mass is 79.9. The first-order valence-electron chi connectivity index (χ1n) is 5.85. The molecular formula is C13H18BrNO4. The van der Waals surface area contributed by atoms with E-state index in [0.29, 0.717) is 18.9 Å². The van der Waals surface area contributed by atoms with E-state index in [0.717, 1.165) is 16.6 Å². The number of hydrogen-bond acceptors (Lipinski definition) is 5. The summed E-state index contributed by atoms with van der Waals surface area (Å²) in [4.78, 5) is 11.0. The Labute approximate surface area is 121 Å². The van der Waals surface area contributed by atoms with Gasteiger partial charge < -0.3 is 19.5 Å². The summed E-state index contributed by atoms with van der Waals surface area (Å²) in [7, 11) is 3.00. The SMILES string of the molecule is COCCNCc1cc(OCC(=O)OC)ccc1Br. The highest BCUT2D eigenvalue weighted by Gasteiger charge is 2.05. The Morgan fingerprint density at radius 1 is 1.37 bits per heavy atom. The van der Waals surface area contributed by atoms with E-state index in [9.17, 15) is 4.79 Å². The van der Waals surface area contributed by atoms with Gasteiger partial charge in [-0.1, -0.05) is 15.9 Å². The number of carbonyl (C=O) groups is 1. The van der Waals surface area contributed by atoms with Crippen LogP contribution in [0.3, 0.4) is 0 Å². The predicted octanol–water partition coefficient (Wildman–Crippen LogP) is 1.74. The minimum atomic E-state index is -0.400. The van der Waals surface area contributed by atoms with Gasteiger partial charge >= 0.3 is 5.97 Å². The number of ether oxygens (including phenoxy) is 3. The molecule has 0 aromatic heterocycles. The van der Waals surface area contributed by atoms with Gasteiger partial charge in [0.05, 0.1) is 13.7 Å². The fourth-order valence-corrected chi connectivity index (χ4v) is 1.76. The van der Waals surface area contributed by atoms with Gasteiger partial charge in [0, 0.05) is 24.7 Å². The molecule has 5 nitrogen and oxygen atoms in total. The normalized spacial score (nSPS) is 10.3. The molecule has 0 saturated carbocycles. The summed E-state index contributed by atoms with van der Waals surface area (Å²) in [5, 5.41) is 3.24. The maximum atomic E-state index is 11.0. The van der Waals surface area contributed by atoms with E-state index in [2.05, 4.69) is 26.0 Å². The highest BCUT2D eigenvalue weighted by molar-refractivity contribution is 9.10. The van der Waals surface area contributed by atoms with E-state index in [-0.39, 0.29) is 6.61 Å². The molecule has 106 valence electrons. The minimum absolute atomic E-state index is 0.0886. The van der Waals surface area contributed by atoms with Crippen LogP contribution in [0.2, 0.25) is 0 Å². The molecule has 0 aliphatic rings. The van der Waals surface area contributed by atoms with Gasteiger partial charge in [0.2, 0.25) is 0 Å². The Morgan fingerprint density at radius 2 is 2.16 bits per heavy atom. The van der Waals surface area contributed by atoms with Gasteiger partial charge in [-0.3, -0.25) is 0 Å². The third kappa shape index (κ3) is 6.04. The minimum Gasteiger partial charge on any atom is -0.482 e. The van der Waals surface area contributed by atoms with Crippen LogP contribution in [-0.2, 0) is 20.8 Å². The number of esters is 1. The summed E-state index contributed by atoms with van der Waals surface area (Å²) in [5.41, 5.74) is 1.05. The van der Waals surface area contributed by atoms with Gasteiger partial charge in [-0.05, 0) is 23.8 Å². The van der Waals surface area contributed by atoms with Crippen LogP contribution in [0.1, 0.15) is 5.56 Å². The van der Waals surface area contributed by atoms with Crippen molar-refractivity contribution in [2.75, 3.05) is 34.0 Å². The smallest absolute Gasteiger partial charge is 0.343 e. The maximum Gasteiger partial charge on any atom is 0.343 e. The second kappa shape index (κ2) is 8.90. The fraction of sp³-hybridized carbons (Fsp3) is 0.462. The molecule has 0 bridgehead atoms. The summed E-state index contributed by atoms with van der Waals surface area (Å²) in [6.45, 7) is 2.04. The van der Waals surface area contributed by atoms with Crippen LogP contribution in [0.25, 0.3) is 0 Å². The van der Waals surface area contributed by atoms with Crippen LogP contribution in [0, 0.1) is 0 Å². The number of rotatable bonds is 8. The second-order valence-corrected chi connectivity index (χ2v) is 4.64. The van der Waals surface area contributed by atoms with E-state index in [1.165, 1.54) is 7.11 Å². The zero-order chi connectivity index (χ0) is 14.1. The molecule has 1 N–H and O–H groups in total. The van der Waals surface area contributed by atoms with Crippen LogP contribution >= 0.6 is 15.9 Å². The lowest BCUT2D eigenvalue weighted by molar-refractivity contribution is -0.142. The van der Waals surface area contributed by atoms with Crippen LogP contribution in [0.15, 0.2) is 22.7 Å². The Morgan fingerprint density at radius 3 is 2.84 bits per heavy atom. The monoisotopic (exact) mass is 331 g/mol. The summed E-state index contributed by atoms with van der Waals surface area (Å²) in [6.07, 6.45) is 0. The Bertz CT molecular complexity index is 412. The molecule has 1 rings (SSSR count). The molecule has 0 atom stereocenters. The van der Waals surface area contributed by atoms with Crippen molar-refractivity contribution in [1.82, 2.24) is 5.32 Å². The topological polar surface area (TPSA) is 56.8 Å². The van der Waals surface area contributed by atoms with Crippen molar-refractivity contribution >= 4 is 21.9 Å². The molecular weight excluding hydrogens is 314 g/mol. The van der Waals surface area contributed by atoms with Crippen LogP contribution < -0.4 is 10.1 Å². The fourth-order valence-electron chi connectivity index (χ4n) is 1.37. The molecule has 0 amide bonds. The van der Waals surface area contributed by atoms with E-state index in [4.69, 9.17) is 9.47 Å². The van der Waals surface area contributed by atoms with Crippen molar-refractivity contribution in [3.8, 4) is 5.75 Å². The Kier molecular flexibility index (Phi) is 7.47. The molecule has 0 heterocycles. The number of hydrogen-bond donors (Lipinski definition) is 1. The molecule has 0 unspecified atom stereocenters. The third-order valence-corrected chi connectivity index (χ3v) is 3.17. The second-order valence-electron chi connectivity index (χ2n) is 3.79. The number of halogens is 1. The largest absolute Gasteiger partial charge is 0.482 e. The summed E-state index contributed by atoms with van der Waals surface area (Å²) in [5.74, 6) is 0.236. The highest BCUT2D eigenvalue weighted by Crippen LogP contribution is 2.22. The first kappa shape index (κ1) is 15.9. The van der Waals surface area contributed by atoms with E-state index in [1.54, 1.807) is 13.2 Å². The summed E-state index contributed by atoms with van der Waals surface area (Å²) < 4.78 is 15.8. The van der Waals surface area contributed by atoms with Crippen LogP contribution in [0.4, 0.5) is 0 Å². The molecule has 0 spiro atoms. The zero-order valence-corrected chi connectivity index (χ0v) is 12.7. The molecule has 0 radical (unpaired) electrons. The molecule has 1 aromatic carbocycles. The van der Waals surface area contributed by atoms with Crippen molar-refractivity contribution in [2.45, 2.75) is 6.54 Å². The molecule has 0 saturated heterocycles. The lowest BCUT2D eigenvalue weighted by Gasteiger charge is -2.10. The number of nitrogens with one attached hydrogen (secondary N) is 1. The molecule has 6 heteroatoms.